The van der Waals surface area contributed by atoms with Crippen LogP contribution in [-0.4, -0.2) is 27.5 Å². The third-order valence-corrected chi connectivity index (χ3v) is 5.47. The number of thiazole rings is 1. The molecule has 1 saturated heterocycles. The van der Waals surface area contributed by atoms with Crippen molar-refractivity contribution in [3.05, 3.63) is 15.5 Å². The molecular formula is C9H13ClN2OS2. The van der Waals surface area contributed by atoms with E-state index in [-0.39, 0.29) is 0 Å². The molecule has 0 spiro atoms. The summed E-state index contributed by atoms with van der Waals surface area (Å²) in [5.41, 5.74) is 0. The van der Waals surface area contributed by atoms with Gasteiger partial charge in [-0.05, 0) is 19.4 Å². The van der Waals surface area contributed by atoms with Gasteiger partial charge in [0.1, 0.15) is 0 Å². The topological polar surface area (TPSA) is 42.0 Å². The molecule has 15 heavy (non-hydrogen) atoms. The summed E-state index contributed by atoms with van der Waals surface area (Å²) >= 11 is 7.15. The van der Waals surface area contributed by atoms with Crippen molar-refractivity contribution in [2.45, 2.75) is 23.8 Å². The lowest BCUT2D eigenvalue weighted by Crippen LogP contribution is -2.36. The van der Waals surface area contributed by atoms with Crippen molar-refractivity contribution in [3.8, 4) is 0 Å². The second-order valence-corrected chi connectivity index (χ2v) is 6.99. The third-order valence-electron chi connectivity index (χ3n) is 2.43. The van der Waals surface area contributed by atoms with Crippen molar-refractivity contribution < 1.29 is 4.21 Å². The van der Waals surface area contributed by atoms with Crippen LogP contribution in [0.2, 0.25) is 4.47 Å². The molecule has 2 rings (SSSR count). The van der Waals surface area contributed by atoms with Crippen LogP contribution >= 0.6 is 22.9 Å². The molecule has 2 atom stereocenters. The lowest BCUT2D eigenvalue weighted by atomic mass is 10.2. The fourth-order valence-corrected chi connectivity index (χ4v) is 4.33. The van der Waals surface area contributed by atoms with Crippen LogP contribution in [0.15, 0.2) is 6.20 Å². The smallest absolute Gasteiger partial charge is 0.183 e. The first kappa shape index (κ1) is 11.5. The van der Waals surface area contributed by atoms with E-state index < -0.39 is 10.8 Å². The molecular weight excluding hydrogens is 252 g/mol. The molecule has 2 heterocycles. The van der Waals surface area contributed by atoms with Gasteiger partial charge in [0, 0.05) is 33.7 Å². The quantitative estimate of drug-likeness (QED) is 0.905. The molecule has 0 saturated carbocycles. The Morgan fingerprint density at radius 2 is 2.60 bits per heavy atom. The molecule has 0 amide bonds. The normalized spacial score (nSPS) is 23.9. The van der Waals surface area contributed by atoms with Crippen LogP contribution in [0.4, 0.5) is 0 Å². The summed E-state index contributed by atoms with van der Waals surface area (Å²) in [5, 5.41) is 3.57. The number of nitrogens with one attached hydrogen (secondary N) is 1. The highest BCUT2D eigenvalue weighted by Crippen LogP contribution is 2.21. The number of hydrogen-bond acceptors (Lipinski definition) is 4. The lowest BCUT2D eigenvalue weighted by molar-refractivity contribution is 0.519. The van der Waals surface area contributed by atoms with Crippen LogP contribution in [0.1, 0.15) is 17.7 Å². The van der Waals surface area contributed by atoms with E-state index in [1.54, 1.807) is 6.20 Å². The number of hydrogen-bond donors (Lipinski definition) is 1. The second-order valence-electron chi connectivity index (χ2n) is 3.57. The zero-order valence-electron chi connectivity index (χ0n) is 8.24. The van der Waals surface area contributed by atoms with E-state index in [1.807, 2.05) is 0 Å². The van der Waals surface area contributed by atoms with Gasteiger partial charge in [-0.25, -0.2) is 4.98 Å². The van der Waals surface area contributed by atoms with Crippen LogP contribution in [-0.2, 0) is 16.6 Å². The minimum absolute atomic E-state index is 0.291. The zero-order chi connectivity index (χ0) is 10.7. The highest BCUT2D eigenvalue weighted by Gasteiger charge is 2.20. The van der Waals surface area contributed by atoms with Crippen LogP contribution in [0.25, 0.3) is 0 Å². The molecule has 1 aromatic rings. The monoisotopic (exact) mass is 264 g/mol. The predicted molar refractivity (Wildman–Crippen MR) is 64.9 cm³/mol. The van der Waals surface area contributed by atoms with Gasteiger partial charge in [0.25, 0.3) is 0 Å². The highest BCUT2D eigenvalue weighted by atomic mass is 35.5. The molecule has 0 aliphatic carbocycles. The minimum Gasteiger partial charge on any atom is -0.316 e. The van der Waals surface area contributed by atoms with Gasteiger partial charge < -0.3 is 5.32 Å². The Morgan fingerprint density at radius 3 is 3.20 bits per heavy atom. The van der Waals surface area contributed by atoms with Crippen molar-refractivity contribution in [2.75, 3.05) is 13.1 Å². The summed E-state index contributed by atoms with van der Waals surface area (Å²) in [6, 6.07) is 0. The molecule has 1 fully saturated rings. The van der Waals surface area contributed by atoms with Gasteiger partial charge in [-0.3, -0.25) is 4.21 Å². The van der Waals surface area contributed by atoms with Crippen LogP contribution in [0, 0.1) is 0 Å². The highest BCUT2D eigenvalue weighted by molar-refractivity contribution is 7.85. The number of nitrogens with zero attached hydrogens (tertiary/aromatic N) is 1. The molecule has 0 aromatic carbocycles. The van der Waals surface area contributed by atoms with Crippen molar-refractivity contribution in [1.29, 1.82) is 0 Å². The predicted octanol–water partition coefficient (Wildman–Crippen LogP) is 1.80. The summed E-state index contributed by atoms with van der Waals surface area (Å²) in [7, 11) is -0.795. The maximum Gasteiger partial charge on any atom is 0.183 e. The molecule has 1 aromatic heterocycles. The summed E-state index contributed by atoms with van der Waals surface area (Å²) in [4.78, 5) is 4.97. The number of piperidine rings is 1. The average Bonchev–Trinajstić information content (AvgIpc) is 2.65. The lowest BCUT2D eigenvalue weighted by Gasteiger charge is -2.21. The molecule has 3 nitrogen and oxygen atoms in total. The Kier molecular flexibility index (Phi) is 4.13. The fraction of sp³-hybridized carbons (Fsp3) is 0.667. The van der Waals surface area contributed by atoms with E-state index in [9.17, 15) is 4.21 Å². The average molecular weight is 265 g/mol. The van der Waals surface area contributed by atoms with E-state index in [1.165, 1.54) is 11.3 Å². The van der Waals surface area contributed by atoms with Gasteiger partial charge in [-0.15, -0.1) is 11.3 Å². The standard InChI is InChI=1S/C9H13ClN2OS2/c10-9-12-4-7(14-9)6-15(13)8-2-1-3-11-5-8/h4,8,11H,1-3,5-6H2/t8-,15+/m0/s1. The minimum atomic E-state index is -0.795. The summed E-state index contributed by atoms with van der Waals surface area (Å²) in [6.45, 7) is 1.93. The summed E-state index contributed by atoms with van der Waals surface area (Å²) in [5.74, 6) is 0.594. The van der Waals surface area contributed by atoms with Crippen LogP contribution in [0.3, 0.4) is 0 Å². The van der Waals surface area contributed by atoms with Gasteiger partial charge >= 0.3 is 0 Å². The summed E-state index contributed by atoms with van der Waals surface area (Å²) < 4.78 is 12.5. The molecule has 84 valence electrons. The van der Waals surface area contributed by atoms with E-state index in [0.29, 0.717) is 15.5 Å². The summed E-state index contributed by atoms with van der Waals surface area (Å²) in [6.07, 6.45) is 3.91. The molecule has 0 bridgehead atoms. The Hall–Kier alpha value is 0.0300. The second kappa shape index (κ2) is 5.39. The zero-order valence-corrected chi connectivity index (χ0v) is 10.6. The molecule has 1 aliphatic rings. The molecule has 0 unspecified atom stereocenters. The largest absolute Gasteiger partial charge is 0.316 e. The van der Waals surface area contributed by atoms with Gasteiger partial charge in [0.2, 0.25) is 0 Å². The van der Waals surface area contributed by atoms with Gasteiger partial charge in [0.05, 0.1) is 5.75 Å². The molecule has 6 heteroatoms. The third kappa shape index (κ3) is 3.24. The van der Waals surface area contributed by atoms with E-state index in [2.05, 4.69) is 10.3 Å². The van der Waals surface area contributed by atoms with Crippen LogP contribution in [0.5, 0.6) is 0 Å². The number of aromatic nitrogens is 1. The Morgan fingerprint density at radius 1 is 1.73 bits per heavy atom. The maximum absolute atomic E-state index is 12.0. The van der Waals surface area contributed by atoms with Gasteiger partial charge in [-0.1, -0.05) is 11.6 Å². The Balaban J connectivity index is 1.91. The first-order valence-corrected chi connectivity index (χ1v) is 7.51. The van der Waals surface area contributed by atoms with E-state index >= 15 is 0 Å². The first-order valence-electron chi connectivity index (χ1n) is 4.94. The molecule has 1 N–H and O–H groups in total. The number of rotatable bonds is 3. The van der Waals surface area contributed by atoms with Crippen molar-refractivity contribution in [2.24, 2.45) is 0 Å². The van der Waals surface area contributed by atoms with Gasteiger partial charge in [0.15, 0.2) is 4.47 Å². The molecule has 1 aliphatic heterocycles. The fourth-order valence-electron chi connectivity index (χ4n) is 1.65. The van der Waals surface area contributed by atoms with Crippen molar-refractivity contribution >= 4 is 33.7 Å². The van der Waals surface area contributed by atoms with E-state index in [0.717, 1.165) is 30.8 Å². The maximum atomic E-state index is 12.0. The number of halogens is 1. The molecule has 0 radical (unpaired) electrons. The van der Waals surface area contributed by atoms with E-state index in [4.69, 9.17) is 11.6 Å². The van der Waals surface area contributed by atoms with Crippen LogP contribution < -0.4 is 5.32 Å². The Labute approximate surface area is 101 Å². The van der Waals surface area contributed by atoms with Crippen molar-refractivity contribution in [1.82, 2.24) is 10.3 Å². The van der Waals surface area contributed by atoms with Crippen molar-refractivity contribution in [3.63, 3.8) is 0 Å². The first-order chi connectivity index (χ1) is 7.25. The Bertz CT molecular complexity index is 350. The van der Waals surface area contributed by atoms with Gasteiger partial charge in [-0.2, -0.15) is 0 Å². The SMILES string of the molecule is O=[S@](Cc1cnc(Cl)s1)[C@H]1CCCNC1.